The van der Waals surface area contributed by atoms with Crippen molar-refractivity contribution in [2.45, 2.75) is 11.1 Å². The van der Waals surface area contributed by atoms with E-state index >= 15 is 0 Å². The number of nitrogens with zero attached hydrogens (tertiary/aromatic N) is 3. The maximum Gasteiger partial charge on any atom is 0.295 e. The number of nitrogens with one attached hydrogen (secondary N) is 1. The van der Waals surface area contributed by atoms with Crippen LogP contribution in [0, 0.1) is 12.7 Å². The number of rotatable bonds is 7. The van der Waals surface area contributed by atoms with Crippen molar-refractivity contribution in [2.24, 2.45) is 7.05 Å². The highest BCUT2D eigenvalue weighted by atomic mass is 32.2. The molecule has 34 heavy (non-hydrogen) atoms. The fraction of sp³-hybridized carbons (Fsp3) is 0.130. The minimum absolute atomic E-state index is 0.0342. The van der Waals surface area contributed by atoms with Crippen molar-refractivity contribution in [3.05, 3.63) is 94.0 Å². The summed E-state index contributed by atoms with van der Waals surface area (Å²) in [6.07, 6.45) is 0. The number of carbonyl (C=O) groups is 1. The third-order valence-corrected chi connectivity index (χ3v) is 8.41. The number of para-hydroxylation sites is 1. The van der Waals surface area contributed by atoms with E-state index in [9.17, 15) is 22.4 Å². The smallest absolute Gasteiger partial charge is 0.295 e. The van der Waals surface area contributed by atoms with Crippen LogP contribution in [0.4, 0.5) is 15.8 Å². The van der Waals surface area contributed by atoms with E-state index in [1.807, 2.05) is 6.07 Å². The number of benzene rings is 2. The van der Waals surface area contributed by atoms with Crippen molar-refractivity contribution in [3.8, 4) is 5.69 Å². The molecule has 2 heterocycles. The number of sulfonamides is 1. The minimum atomic E-state index is -4.10. The van der Waals surface area contributed by atoms with Crippen LogP contribution in [0.25, 0.3) is 5.69 Å². The van der Waals surface area contributed by atoms with Crippen LogP contribution in [-0.4, -0.2) is 30.2 Å². The Morgan fingerprint density at radius 3 is 2.35 bits per heavy atom. The molecule has 11 heteroatoms. The van der Waals surface area contributed by atoms with Crippen LogP contribution in [0.15, 0.2) is 81.1 Å². The lowest BCUT2D eigenvalue weighted by Gasteiger charge is -2.23. The normalized spacial score (nSPS) is 11.4. The van der Waals surface area contributed by atoms with Crippen LogP contribution in [-0.2, 0) is 21.9 Å². The van der Waals surface area contributed by atoms with Gasteiger partial charge in [0.1, 0.15) is 22.3 Å². The number of thiophene rings is 1. The van der Waals surface area contributed by atoms with Gasteiger partial charge >= 0.3 is 0 Å². The van der Waals surface area contributed by atoms with E-state index in [1.165, 1.54) is 22.9 Å². The van der Waals surface area contributed by atoms with Crippen molar-refractivity contribution in [1.29, 1.82) is 0 Å². The minimum Gasteiger partial charge on any atom is -0.318 e. The van der Waals surface area contributed by atoms with Gasteiger partial charge in [0.2, 0.25) is 5.91 Å². The number of carbonyl (C=O) groups excluding carboxylic acids is 1. The maximum atomic E-state index is 13.5. The van der Waals surface area contributed by atoms with Gasteiger partial charge in [0.05, 0.1) is 17.1 Å². The quantitative estimate of drug-likeness (QED) is 0.420. The molecule has 0 bridgehead atoms. The monoisotopic (exact) mass is 500 g/mol. The predicted octanol–water partition coefficient (Wildman–Crippen LogP) is 3.52. The lowest BCUT2D eigenvalue weighted by atomic mass is 10.3. The van der Waals surface area contributed by atoms with Gasteiger partial charge < -0.3 is 5.32 Å². The largest absolute Gasteiger partial charge is 0.318 e. The van der Waals surface area contributed by atoms with Gasteiger partial charge in [0.15, 0.2) is 0 Å². The number of amides is 1. The highest BCUT2D eigenvalue weighted by Gasteiger charge is 2.29. The van der Waals surface area contributed by atoms with Gasteiger partial charge in [0.25, 0.3) is 15.6 Å². The van der Waals surface area contributed by atoms with Gasteiger partial charge in [-0.15, -0.1) is 11.3 Å². The molecule has 0 saturated heterocycles. The van der Waals surface area contributed by atoms with Gasteiger partial charge in [-0.3, -0.25) is 18.6 Å². The Balaban J connectivity index is 1.67. The molecule has 0 fully saturated rings. The molecule has 0 aliphatic rings. The van der Waals surface area contributed by atoms with Crippen molar-refractivity contribution >= 4 is 38.6 Å². The maximum absolute atomic E-state index is 13.5. The van der Waals surface area contributed by atoms with Crippen LogP contribution >= 0.6 is 11.3 Å². The van der Waals surface area contributed by atoms with Crippen LogP contribution in [0.3, 0.4) is 0 Å². The van der Waals surface area contributed by atoms with Crippen LogP contribution in [0.2, 0.25) is 0 Å². The second-order valence-electron chi connectivity index (χ2n) is 7.40. The topological polar surface area (TPSA) is 93.4 Å². The second kappa shape index (κ2) is 9.27. The summed E-state index contributed by atoms with van der Waals surface area (Å²) in [4.78, 5) is 26.1. The Morgan fingerprint density at radius 1 is 1.06 bits per heavy atom. The molecule has 0 atom stereocenters. The fourth-order valence-electron chi connectivity index (χ4n) is 3.46. The number of aromatic nitrogens is 2. The molecule has 176 valence electrons. The lowest BCUT2D eigenvalue weighted by molar-refractivity contribution is -0.114. The molecule has 1 N–H and O–H groups in total. The Hall–Kier alpha value is -3.70. The molecule has 0 aliphatic carbocycles. The van der Waals surface area contributed by atoms with Gasteiger partial charge in [-0.1, -0.05) is 24.3 Å². The van der Waals surface area contributed by atoms with E-state index in [4.69, 9.17) is 0 Å². The third kappa shape index (κ3) is 4.39. The Kier molecular flexibility index (Phi) is 6.40. The molecule has 1 amide bonds. The lowest BCUT2D eigenvalue weighted by Crippen LogP contribution is -2.38. The van der Waals surface area contributed by atoms with Crippen molar-refractivity contribution in [1.82, 2.24) is 9.36 Å². The number of anilines is 2. The second-order valence-corrected chi connectivity index (χ2v) is 10.4. The molecule has 0 aliphatic heterocycles. The van der Waals surface area contributed by atoms with Crippen LogP contribution in [0.5, 0.6) is 0 Å². The fourth-order valence-corrected chi connectivity index (χ4v) is 5.99. The number of halogens is 1. The standard InChI is InChI=1S/C23H21FN4O4S2/c1-16-22(23(30)28(26(16)2)19-7-4-3-5-8-19)25-20(29)15-27(18-12-10-17(24)11-13-18)34(31,32)21-9-6-14-33-21/h3-14H,15H2,1-2H3,(H,25,29). The number of hydrogen-bond donors (Lipinski definition) is 1. The van der Waals surface area contributed by atoms with E-state index < -0.39 is 33.9 Å². The van der Waals surface area contributed by atoms with E-state index in [-0.39, 0.29) is 15.6 Å². The van der Waals surface area contributed by atoms with Gasteiger partial charge in [-0.05, 0) is 54.8 Å². The first kappa shape index (κ1) is 23.5. The Morgan fingerprint density at radius 2 is 1.74 bits per heavy atom. The van der Waals surface area contributed by atoms with Gasteiger partial charge in [-0.2, -0.15) is 0 Å². The third-order valence-electron chi connectivity index (χ3n) is 5.26. The van der Waals surface area contributed by atoms with Gasteiger partial charge in [-0.25, -0.2) is 17.5 Å². The van der Waals surface area contributed by atoms with Crippen LogP contribution < -0.4 is 15.2 Å². The van der Waals surface area contributed by atoms with Gasteiger partial charge in [0, 0.05) is 7.05 Å². The summed E-state index contributed by atoms with van der Waals surface area (Å²) in [5.74, 6) is -1.25. The molecular formula is C23H21FN4O4S2. The van der Waals surface area contributed by atoms with Crippen molar-refractivity contribution in [2.75, 3.05) is 16.2 Å². The molecule has 0 radical (unpaired) electrons. The van der Waals surface area contributed by atoms with Crippen molar-refractivity contribution < 1.29 is 17.6 Å². The summed E-state index contributed by atoms with van der Waals surface area (Å²) in [6, 6.07) is 16.7. The molecular weight excluding hydrogens is 479 g/mol. The van der Waals surface area contributed by atoms with Crippen LogP contribution in [0.1, 0.15) is 5.69 Å². The zero-order valence-corrected chi connectivity index (χ0v) is 19.9. The predicted molar refractivity (Wildman–Crippen MR) is 130 cm³/mol. The Labute approximate surface area is 199 Å². The highest BCUT2D eigenvalue weighted by Crippen LogP contribution is 2.27. The molecule has 2 aromatic carbocycles. The average Bonchev–Trinajstić information content (AvgIpc) is 3.44. The molecule has 8 nitrogen and oxygen atoms in total. The first-order valence-corrected chi connectivity index (χ1v) is 12.5. The van der Waals surface area contributed by atoms with E-state index in [1.54, 1.807) is 54.4 Å². The SMILES string of the molecule is Cc1c(NC(=O)CN(c2ccc(F)cc2)S(=O)(=O)c2cccs2)c(=O)n(-c2ccccc2)n1C. The summed E-state index contributed by atoms with van der Waals surface area (Å²) in [5, 5.41) is 4.17. The first-order chi connectivity index (χ1) is 16.2. The molecule has 4 rings (SSSR count). The summed E-state index contributed by atoms with van der Waals surface area (Å²) in [6.45, 7) is 1.07. The zero-order valence-electron chi connectivity index (χ0n) is 18.3. The molecule has 4 aromatic rings. The summed E-state index contributed by atoms with van der Waals surface area (Å²) >= 11 is 1.00. The van der Waals surface area contributed by atoms with E-state index in [0.717, 1.165) is 27.8 Å². The molecule has 0 spiro atoms. The van der Waals surface area contributed by atoms with E-state index in [2.05, 4.69) is 5.32 Å². The summed E-state index contributed by atoms with van der Waals surface area (Å²) in [5.41, 5.74) is 0.831. The average molecular weight is 501 g/mol. The molecule has 0 saturated carbocycles. The number of hydrogen-bond acceptors (Lipinski definition) is 5. The molecule has 0 unspecified atom stereocenters. The highest BCUT2D eigenvalue weighted by molar-refractivity contribution is 7.94. The first-order valence-electron chi connectivity index (χ1n) is 10.2. The summed E-state index contributed by atoms with van der Waals surface area (Å²) in [7, 11) is -2.41. The van der Waals surface area contributed by atoms with E-state index in [0.29, 0.717) is 11.4 Å². The summed E-state index contributed by atoms with van der Waals surface area (Å²) < 4.78 is 43.9. The Bertz CT molecular complexity index is 1480. The van der Waals surface area contributed by atoms with Crippen molar-refractivity contribution in [3.63, 3.8) is 0 Å². The molecule has 2 aromatic heterocycles. The zero-order chi connectivity index (χ0) is 24.5.